The third kappa shape index (κ3) is 5.54. The van der Waals surface area contributed by atoms with Gasteiger partial charge in [-0.15, -0.1) is 0 Å². The van der Waals surface area contributed by atoms with E-state index >= 15 is 0 Å². The number of benzene rings is 2. The highest BCUT2D eigenvalue weighted by Crippen LogP contribution is 2.29. The summed E-state index contributed by atoms with van der Waals surface area (Å²) in [5.74, 6) is 0.541. The van der Waals surface area contributed by atoms with E-state index in [-0.39, 0.29) is 5.84 Å². The zero-order valence-corrected chi connectivity index (χ0v) is 18.2. The molecule has 4 rings (SSSR count). The SMILES string of the molecule is Cc1nc2c(C(N)=NC=N)cc(-c3ccnc(N)c3)cc2n1/C=C/C=N.Fc1ccc(F)cc1. The number of hydrogen-bond acceptors (Lipinski definition) is 5. The Morgan fingerprint density at radius 2 is 1.71 bits per heavy atom. The maximum absolute atomic E-state index is 11.9. The van der Waals surface area contributed by atoms with E-state index in [9.17, 15) is 8.78 Å². The first kappa shape index (κ1) is 23.9. The lowest BCUT2D eigenvalue weighted by Crippen LogP contribution is -2.14. The summed E-state index contributed by atoms with van der Waals surface area (Å²) in [6, 6.07) is 11.8. The Labute approximate surface area is 194 Å². The molecule has 0 amide bonds. The predicted octanol–water partition coefficient (Wildman–Crippen LogP) is 4.39. The molecule has 4 aromatic rings. The number of nitrogens with zero attached hydrogens (tertiary/aromatic N) is 4. The molecule has 8 nitrogen and oxygen atoms in total. The molecule has 0 bridgehead atoms. The van der Waals surface area contributed by atoms with Crippen molar-refractivity contribution in [1.82, 2.24) is 14.5 Å². The van der Waals surface area contributed by atoms with Gasteiger partial charge in [-0.2, -0.15) is 0 Å². The van der Waals surface area contributed by atoms with Crippen LogP contribution in [0.25, 0.3) is 28.4 Å². The maximum atomic E-state index is 11.9. The number of rotatable bonds is 5. The molecular formula is C24H22F2N8. The number of nitrogens with two attached hydrogens (primary N) is 2. The lowest BCUT2D eigenvalue weighted by atomic mass is 10.0. The summed E-state index contributed by atoms with van der Waals surface area (Å²) in [5.41, 5.74) is 15.7. The van der Waals surface area contributed by atoms with Gasteiger partial charge in [-0.3, -0.25) is 5.41 Å². The third-order valence-electron chi connectivity index (χ3n) is 4.70. The van der Waals surface area contributed by atoms with Crippen molar-refractivity contribution in [2.75, 3.05) is 5.73 Å². The second-order valence-electron chi connectivity index (χ2n) is 6.98. The zero-order chi connectivity index (χ0) is 24.7. The molecule has 2 aromatic heterocycles. The summed E-state index contributed by atoms with van der Waals surface area (Å²) in [5, 5.41) is 14.4. The maximum Gasteiger partial charge on any atom is 0.134 e. The average Bonchev–Trinajstić information content (AvgIpc) is 3.14. The van der Waals surface area contributed by atoms with E-state index in [0.717, 1.165) is 53.1 Å². The molecule has 0 saturated heterocycles. The van der Waals surface area contributed by atoms with Crippen LogP contribution in [0.3, 0.4) is 0 Å². The van der Waals surface area contributed by atoms with Gasteiger partial charge in [0.1, 0.15) is 41.0 Å². The van der Waals surface area contributed by atoms with Gasteiger partial charge in [0.15, 0.2) is 0 Å². The van der Waals surface area contributed by atoms with Gasteiger partial charge in [-0.25, -0.2) is 23.7 Å². The summed E-state index contributed by atoms with van der Waals surface area (Å²) >= 11 is 0. The fraction of sp³-hybridized carbons (Fsp3) is 0.0417. The molecule has 0 unspecified atom stereocenters. The first-order valence-electron chi connectivity index (χ1n) is 9.99. The highest BCUT2D eigenvalue weighted by Gasteiger charge is 2.15. The molecule has 34 heavy (non-hydrogen) atoms. The van der Waals surface area contributed by atoms with Crippen molar-refractivity contribution in [2.24, 2.45) is 10.7 Å². The molecule has 0 aliphatic carbocycles. The number of imidazole rings is 1. The second-order valence-corrected chi connectivity index (χ2v) is 6.98. The molecule has 6 N–H and O–H groups in total. The van der Waals surface area contributed by atoms with Crippen molar-refractivity contribution < 1.29 is 8.78 Å². The van der Waals surface area contributed by atoms with E-state index in [4.69, 9.17) is 22.3 Å². The van der Waals surface area contributed by atoms with Crippen molar-refractivity contribution in [2.45, 2.75) is 6.92 Å². The van der Waals surface area contributed by atoms with Crippen LogP contribution in [0.5, 0.6) is 0 Å². The molecule has 0 fully saturated rings. The standard InChI is InChI=1S/C18H18N8.C6H4F2/c1-11-25-17-14(18(22)24-10-20)7-13(12-3-5-23-16(21)9-12)8-15(17)26(11)6-2-4-19;7-5-1-2-6(8)4-3-5/h2-10,19H,1H3,(H2,21,23)(H3,20,22,24);1-4H/b6-2+,19-4?;. The first-order valence-corrected chi connectivity index (χ1v) is 9.99. The van der Waals surface area contributed by atoms with Crippen LogP contribution < -0.4 is 11.5 Å². The fourth-order valence-corrected chi connectivity index (χ4v) is 3.19. The molecule has 0 aliphatic rings. The Balaban J connectivity index is 0.000000343. The van der Waals surface area contributed by atoms with Crippen molar-refractivity contribution in [3.63, 3.8) is 0 Å². The number of nitrogens with one attached hydrogen (secondary N) is 2. The number of fused-ring (bicyclic) bond motifs is 1. The van der Waals surface area contributed by atoms with Crippen LogP contribution in [0.15, 0.2) is 65.8 Å². The number of nitrogen functional groups attached to an aromatic ring is 1. The Bertz CT molecular complexity index is 1370. The topological polar surface area (TPSA) is 143 Å². The number of pyridine rings is 1. The van der Waals surface area contributed by atoms with Crippen LogP contribution in [0, 0.1) is 29.4 Å². The monoisotopic (exact) mass is 460 g/mol. The number of amidine groups is 1. The van der Waals surface area contributed by atoms with Crippen molar-refractivity contribution in [1.29, 1.82) is 10.8 Å². The second kappa shape index (κ2) is 10.7. The van der Waals surface area contributed by atoms with Gasteiger partial charge in [0, 0.05) is 24.2 Å². The van der Waals surface area contributed by atoms with Gasteiger partial charge in [0.25, 0.3) is 0 Å². The number of halogens is 2. The van der Waals surface area contributed by atoms with E-state index in [0.29, 0.717) is 16.9 Å². The summed E-state index contributed by atoms with van der Waals surface area (Å²) in [4.78, 5) is 12.5. The van der Waals surface area contributed by atoms with Gasteiger partial charge < -0.3 is 21.4 Å². The summed E-state index contributed by atoms with van der Waals surface area (Å²) in [6.45, 7) is 1.87. The van der Waals surface area contributed by atoms with Crippen LogP contribution in [0.4, 0.5) is 14.6 Å². The highest BCUT2D eigenvalue weighted by molar-refractivity contribution is 6.11. The lowest BCUT2D eigenvalue weighted by molar-refractivity contribution is 0.600. The van der Waals surface area contributed by atoms with Crippen molar-refractivity contribution in [3.8, 4) is 11.1 Å². The molecule has 0 spiro atoms. The van der Waals surface area contributed by atoms with Gasteiger partial charge in [-0.05, 0) is 72.7 Å². The number of aliphatic imine (C=N–C) groups is 1. The van der Waals surface area contributed by atoms with E-state index in [1.165, 1.54) is 6.21 Å². The Morgan fingerprint density at radius 1 is 1.03 bits per heavy atom. The highest BCUT2D eigenvalue weighted by atomic mass is 19.1. The molecule has 172 valence electrons. The Morgan fingerprint density at radius 3 is 2.29 bits per heavy atom. The number of aryl methyl sites for hydroxylation is 1. The fourth-order valence-electron chi connectivity index (χ4n) is 3.19. The average molecular weight is 460 g/mol. The van der Waals surface area contributed by atoms with E-state index < -0.39 is 11.6 Å². The summed E-state index contributed by atoms with van der Waals surface area (Å²) in [7, 11) is 0. The number of hydrogen-bond donors (Lipinski definition) is 4. The van der Waals surface area contributed by atoms with Crippen LogP contribution in [0.1, 0.15) is 11.4 Å². The minimum absolute atomic E-state index is 0.203. The minimum atomic E-state index is -0.411. The number of allylic oxidation sites excluding steroid dienone is 1. The third-order valence-corrected chi connectivity index (χ3v) is 4.70. The molecule has 2 heterocycles. The van der Waals surface area contributed by atoms with E-state index in [1.54, 1.807) is 24.5 Å². The normalized spacial score (nSPS) is 11.3. The molecule has 0 saturated carbocycles. The molecule has 10 heteroatoms. The smallest absolute Gasteiger partial charge is 0.134 e. The van der Waals surface area contributed by atoms with Crippen LogP contribution in [-0.4, -0.2) is 32.9 Å². The van der Waals surface area contributed by atoms with Crippen LogP contribution in [-0.2, 0) is 0 Å². The quantitative estimate of drug-likeness (QED) is 0.259. The predicted molar refractivity (Wildman–Crippen MR) is 132 cm³/mol. The molecule has 0 aliphatic heterocycles. The van der Waals surface area contributed by atoms with Crippen LogP contribution >= 0.6 is 0 Å². The minimum Gasteiger partial charge on any atom is -0.384 e. The molecule has 0 radical (unpaired) electrons. The summed E-state index contributed by atoms with van der Waals surface area (Å²) < 4.78 is 25.7. The lowest BCUT2D eigenvalue weighted by Gasteiger charge is -2.08. The molecule has 0 atom stereocenters. The van der Waals surface area contributed by atoms with Gasteiger partial charge in [0.2, 0.25) is 0 Å². The number of anilines is 1. The van der Waals surface area contributed by atoms with Crippen molar-refractivity contribution in [3.05, 3.63) is 83.8 Å². The zero-order valence-electron chi connectivity index (χ0n) is 18.2. The van der Waals surface area contributed by atoms with E-state index in [2.05, 4.69) is 15.0 Å². The van der Waals surface area contributed by atoms with Gasteiger partial charge in [-0.1, -0.05) is 0 Å². The molecule has 2 aromatic carbocycles. The van der Waals surface area contributed by atoms with E-state index in [1.807, 2.05) is 29.7 Å². The Kier molecular flexibility index (Phi) is 7.55. The van der Waals surface area contributed by atoms with Gasteiger partial charge >= 0.3 is 0 Å². The van der Waals surface area contributed by atoms with Crippen molar-refractivity contribution >= 4 is 41.4 Å². The van der Waals surface area contributed by atoms with Gasteiger partial charge in [0.05, 0.1) is 5.52 Å². The van der Waals surface area contributed by atoms with Crippen LogP contribution in [0.2, 0.25) is 0 Å². The number of aromatic nitrogens is 3. The largest absolute Gasteiger partial charge is 0.384 e. The Hall–Kier alpha value is -4.73. The molecular weight excluding hydrogens is 438 g/mol. The first-order chi connectivity index (χ1) is 16.3. The summed E-state index contributed by atoms with van der Waals surface area (Å²) in [6.07, 6.45) is 7.11.